The molecule has 0 amide bonds. The van der Waals surface area contributed by atoms with Gasteiger partial charge in [-0.25, -0.2) is 12.8 Å². The van der Waals surface area contributed by atoms with Crippen molar-refractivity contribution in [1.82, 2.24) is 0 Å². The lowest BCUT2D eigenvalue weighted by Gasteiger charge is -2.12. The number of nitrogens with one attached hydrogen (secondary N) is 1. The summed E-state index contributed by atoms with van der Waals surface area (Å²) in [6, 6.07) is 6.70. The summed E-state index contributed by atoms with van der Waals surface area (Å²) in [5, 5.41) is 10.6. The molecule has 0 radical (unpaired) electrons. The Morgan fingerprint density at radius 1 is 1.30 bits per heavy atom. The number of methoxy groups -OCH3 is 1. The summed E-state index contributed by atoms with van der Waals surface area (Å²) < 4.78 is 45.3. The fourth-order valence-electron chi connectivity index (χ4n) is 1.77. The van der Waals surface area contributed by atoms with Crippen LogP contribution < -0.4 is 9.46 Å². The summed E-state index contributed by atoms with van der Waals surface area (Å²) in [6.07, 6.45) is 0. The average molecular weight is 361 g/mol. The second-order valence-corrected chi connectivity index (χ2v) is 6.38. The van der Waals surface area contributed by atoms with E-state index in [9.17, 15) is 22.9 Å². The molecule has 2 aromatic rings. The van der Waals surface area contributed by atoms with Gasteiger partial charge in [0.05, 0.1) is 16.9 Å². The van der Waals surface area contributed by atoms with Gasteiger partial charge in [-0.2, -0.15) is 0 Å². The van der Waals surface area contributed by atoms with Gasteiger partial charge in [0, 0.05) is 6.07 Å². The molecule has 2 aromatic carbocycles. The summed E-state index contributed by atoms with van der Waals surface area (Å²) in [5.74, 6) is -0.881. The summed E-state index contributed by atoms with van der Waals surface area (Å²) in [6.45, 7) is 0. The molecule has 10 heteroatoms. The van der Waals surface area contributed by atoms with E-state index in [1.807, 2.05) is 4.72 Å². The molecule has 0 bridgehead atoms. The van der Waals surface area contributed by atoms with Crippen LogP contribution in [0.4, 0.5) is 15.8 Å². The normalized spacial score (nSPS) is 11.1. The molecule has 1 N–H and O–H groups in total. The van der Waals surface area contributed by atoms with Gasteiger partial charge in [-0.05, 0) is 24.3 Å². The van der Waals surface area contributed by atoms with Crippen molar-refractivity contribution in [2.45, 2.75) is 4.90 Å². The summed E-state index contributed by atoms with van der Waals surface area (Å²) in [4.78, 5) is 9.59. The van der Waals surface area contributed by atoms with E-state index in [4.69, 9.17) is 16.3 Å². The molecule has 23 heavy (non-hydrogen) atoms. The van der Waals surface area contributed by atoms with Crippen LogP contribution in [0.2, 0.25) is 5.02 Å². The zero-order chi connectivity index (χ0) is 17.2. The number of ether oxygens (including phenoxy) is 1. The molecule has 0 unspecified atom stereocenters. The van der Waals surface area contributed by atoms with E-state index in [0.717, 1.165) is 24.3 Å². The van der Waals surface area contributed by atoms with Gasteiger partial charge < -0.3 is 4.74 Å². The molecule has 0 saturated carbocycles. The number of benzene rings is 2. The Bertz CT molecular complexity index is 873. The molecule has 122 valence electrons. The average Bonchev–Trinajstić information content (AvgIpc) is 2.49. The number of halogens is 2. The maximum Gasteiger partial charge on any atom is 0.289 e. The first-order chi connectivity index (χ1) is 10.8. The number of rotatable bonds is 5. The maximum atomic E-state index is 13.8. The Morgan fingerprint density at radius 3 is 2.61 bits per heavy atom. The lowest BCUT2D eigenvalue weighted by molar-refractivity contribution is -0.384. The van der Waals surface area contributed by atoms with Gasteiger partial charge in [0.25, 0.3) is 15.7 Å². The third-order valence-corrected chi connectivity index (χ3v) is 4.52. The first-order valence-electron chi connectivity index (χ1n) is 6.05. The van der Waals surface area contributed by atoms with Crippen LogP contribution in [0, 0.1) is 15.9 Å². The number of anilines is 1. The molecule has 0 atom stereocenters. The van der Waals surface area contributed by atoms with Crippen LogP contribution >= 0.6 is 11.6 Å². The van der Waals surface area contributed by atoms with Crippen molar-refractivity contribution in [1.29, 1.82) is 0 Å². The zero-order valence-electron chi connectivity index (χ0n) is 11.6. The number of nitrogens with zero attached hydrogens (tertiary/aromatic N) is 1. The van der Waals surface area contributed by atoms with Crippen molar-refractivity contribution in [3.63, 3.8) is 0 Å². The molecule has 0 heterocycles. The molecule has 0 aliphatic carbocycles. The Morgan fingerprint density at radius 2 is 2.00 bits per heavy atom. The molecular formula is C13H10ClFN2O5S. The highest BCUT2D eigenvalue weighted by Crippen LogP contribution is 2.31. The van der Waals surface area contributed by atoms with E-state index in [0.29, 0.717) is 0 Å². The molecule has 0 aromatic heterocycles. The Hall–Kier alpha value is -2.39. The first kappa shape index (κ1) is 17.0. The zero-order valence-corrected chi connectivity index (χ0v) is 13.2. The monoisotopic (exact) mass is 360 g/mol. The maximum absolute atomic E-state index is 13.8. The highest BCUT2D eigenvalue weighted by atomic mass is 35.5. The summed E-state index contributed by atoms with van der Waals surface area (Å²) >= 11 is 5.64. The second kappa shape index (κ2) is 6.39. The number of hydrogen-bond acceptors (Lipinski definition) is 5. The minimum atomic E-state index is -4.27. The topological polar surface area (TPSA) is 98.5 Å². The Labute approximate surface area is 135 Å². The van der Waals surface area contributed by atoms with Gasteiger partial charge >= 0.3 is 0 Å². The summed E-state index contributed by atoms with van der Waals surface area (Å²) in [5.41, 5.74) is -0.970. The minimum absolute atomic E-state index is 0.0305. The van der Waals surface area contributed by atoms with Crippen molar-refractivity contribution in [2.75, 3.05) is 11.8 Å². The number of sulfonamides is 1. The second-order valence-electron chi connectivity index (χ2n) is 4.29. The third kappa shape index (κ3) is 3.51. The van der Waals surface area contributed by atoms with Crippen molar-refractivity contribution in [3.8, 4) is 5.75 Å². The van der Waals surface area contributed by atoms with Crippen LogP contribution in [-0.4, -0.2) is 20.5 Å². The van der Waals surface area contributed by atoms with Crippen LogP contribution in [0.15, 0.2) is 41.3 Å². The highest BCUT2D eigenvalue weighted by Gasteiger charge is 2.23. The Kier molecular flexibility index (Phi) is 4.71. The molecule has 0 aliphatic heterocycles. The van der Waals surface area contributed by atoms with Gasteiger partial charge in [-0.3, -0.25) is 14.8 Å². The van der Waals surface area contributed by atoms with Crippen LogP contribution in [-0.2, 0) is 10.0 Å². The predicted molar refractivity (Wildman–Crippen MR) is 81.9 cm³/mol. The van der Waals surface area contributed by atoms with Crippen LogP contribution in [0.5, 0.6) is 5.75 Å². The van der Waals surface area contributed by atoms with Crippen molar-refractivity contribution < 1.29 is 22.5 Å². The van der Waals surface area contributed by atoms with E-state index in [1.54, 1.807) is 0 Å². The highest BCUT2D eigenvalue weighted by molar-refractivity contribution is 7.92. The van der Waals surface area contributed by atoms with Crippen molar-refractivity contribution in [3.05, 3.63) is 57.4 Å². The number of nitro groups is 1. The molecular weight excluding hydrogens is 351 g/mol. The molecule has 0 fully saturated rings. The lowest BCUT2D eigenvalue weighted by Crippen LogP contribution is -2.15. The fourth-order valence-corrected chi connectivity index (χ4v) is 3.05. The van der Waals surface area contributed by atoms with Crippen molar-refractivity contribution in [2.24, 2.45) is 0 Å². The van der Waals surface area contributed by atoms with E-state index in [2.05, 4.69) is 0 Å². The first-order valence-corrected chi connectivity index (χ1v) is 7.91. The van der Waals surface area contributed by atoms with Gasteiger partial charge in [-0.15, -0.1) is 0 Å². The smallest absolute Gasteiger partial charge is 0.289 e. The van der Waals surface area contributed by atoms with Crippen LogP contribution in [0.3, 0.4) is 0 Å². The number of hydrogen-bond donors (Lipinski definition) is 1. The molecule has 7 nitrogen and oxygen atoms in total. The van der Waals surface area contributed by atoms with E-state index in [1.165, 1.54) is 19.2 Å². The fraction of sp³-hybridized carbons (Fsp3) is 0.0769. The molecule has 0 spiro atoms. The standard InChI is InChI=1S/C13H10ClFN2O5S/c1-22-12-4-2-3-10(15)13(12)16-23(20,21)8-5-6-9(14)11(7-8)17(18)19/h2-7,16H,1H3. The number of para-hydroxylation sites is 1. The SMILES string of the molecule is COc1cccc(F)c1NS(=O)(=O)c1ccc(Cl)c([N+](=O)[O-])c1. The summed E-state index contributed by atoms with van der Waals surface area (Å²) in [7, 11) is -3.02. The van der Waals surface area contributed by atoms with Gasteiger partial charge in [0.2, 0.25) is 0 Å². The van der Waals surface area contributed by atoms with Crippen molar-refractivity contribution >= 4 is 33.0 Å². The van der Waals surface area contributed by atoms with E-state index in [-0.39, 0.29) is 10.8 Å². The Balaban J connectivity index is 2.49. The van der Waals surface area contributed by atoms with E-state index >= 15 is 0 Å². The third-order valence-electron chi connectivity index (χ3n) is 2.86. The number of nitro benzene ring substituents is 1. The van der Waals surface area contributed by atoms with E-state index < -0.39 is 37.0 Å². The quantitative estimate of drug-likeness (QED) is 0.652. The molecule has 0 aliphatic rings. The van der Waals surface area contributed by atoms with Crippen LogP contribution in [0.25, 0.3) is 0 Å². The van der Waals surface area contributed by atoms with Crippen LogP contribution in [0.1, 0.15) is 0 Å². The van der Waals surface area contributed by atoms with Gasteiger partial charge in [0.1, 0.15) is 16.5 Å². The largest absolute Gasteiger partial charge is 0.494 e. The lowest BCUT2D eigenvalue weighted by atomic mass is 10.3. The van der Waals surface area contributed by atoms with Gasteiger partial charge in [0.15, 0.2) is 5.82 Å². The predicted octanol–water partition coefficient (Wildman–Crippen LogP) is 3.20. The minimum Gasteiger partial charge on any atom is -0.494 e. The molecule has 0 saturated heterocycles. The van der Waals surface area contributed by atoms with Gasteiger partial charge in [-0.1, -0.05) is 17.7 Å². The molecule has 2 rings (SSSR count).